The zero-order valence-electron chi connectivity index (χ0n) is 14.8. The smallest absolute Gasteiger partial charge is 0.378 e. The fourth-order valence-corrected chi connectivity index (χ4v) is 2.56. The number of hydrogen-bond donors (Lipinski definition) is 2. The zero-order valence-corrected chi connectivity index (χ0v) is 14.8. The van der Waals surface area contributed by atoms with E-state index in [1.165, 1.54) is 0 Å². The average Bonchev–Trinajstić information content (AvgIpc) is 2.87. The van der Waals surface area contributed by atoms with Gasteiger partial charge < -0.3 is 24.4 Å². The van der Waals surface area contributed by atoms with Gasteiger partial charge in [0.1, 0.15) is 12.7 Å². The standard InChI is InChI=1S/C17H26O9/c1-2-24-16-14(22)17(23)26-15(16)11(18)10-25-13(21)9-7-5-3-4-6-8-12(19)20/h11,15-16,18H,2-10H2,1H3,(H,19,20)/t11-,15+,16?/m0/s1. The molecule has 0 saturated carbocycles. The monoisotopic (exact) mass is 374 g/mol. The maximum absolute atomic E-state index is 11.7. The molecule has 0 aliphatic carbocycles. The Labute approximate surface area is 151 Å². The summed E-state index contributed by atoms with van der Waals surface area (Å²) in [7, 11) is 0. The number of carbonyl (C=O) groups is 4. The van der Waals surface area contributed by atoms with Gasteiger partial charge in [-0.1, -0.05) is 19.3 Å². The van der Waals surface area contributed by atoms with E-state index in [0.717, 1.165) is 19.3 Å². The molecule has 9 heteroatoms. The van der Waals surface area contributed by atoms with Gasteiger partial charge in [0.25, 0.3) is 5.78 Å². The lowest BCUT2D eigenvalue weighted by molar-refractivity contribution is -0.157. The number of esters is 2. The van der Waals surface area contributed by atoms with Crippen LogP contribution in [0.5, 0.6) is 0 Å². The lowest BCUT2D eigenvalue weighted by Crippen LogP contribution is -2.41. The molecule has 0 aromatic heterocycles. The Morgan fingerprint density at radius 3 is 2.35 bits per heavy atom. The summed E-state index contributed by atoms with van der Waals surface area (Å²) in [6.07, 6.45) is 0.219. The Balaban J connectivity index is 2.20. The van der Waals surface area contributed by atoms with Gasteiger partial charge in [-0.15, -0.1) is 0 Å². The number of Topliss-reactive ketones (excluding diaryl/α,β-unsaturated/α-hetero) is 1. The molecular formula is C17H26O9. The molecule has 0 amide bonds. The maximum Gasteiger partial charge on any atom is 0.378 e. The van der Waals surface area contributed by atoms with Gasteiger partial charge in [-0.25, -0.2) is 4.79 Å². The van der Waals surface area contributed by atoms with E-state index >= 15 is 0 Å². The molecule has 1 fully saturated rings. The summed E-state index contributed by atoms with van der Waals surface area (Å²) < 4.78 is 14.9. The van der Waals surface area contributed by atoms with Crippen molar-refractivity contribution >= 4 is 23.7 Å². The lowest BCUT2D eigenvalue weighted by Gasteiger charge is -2.21. The number of aliphatic hydroxyl groups is 1. The second-order valence-electron chi connectivity index (χ2n) is 6.02. The van der Waals surface area contributed by atoms with Gasteiger partial charge in [0, 0.05) is 19.4 Å². The summed E-state index contributed by atoms with van der Waals surface area (Å²) in [4.78, 5) is 44.9. The van der Waals surface area contributed by atoms with E-state index in [1.807, 2.05) is 0 Å². The highest BCUT2D eigenvalue weighted by Gasteiger charge is 2.48. The van der Waals surface area contributed by atoms with Gasteiger partial charge in [-0.3, -0.25) is 14.4 Å². The van der Waals surface area contributed by atoms with Gasteiger partial charge in [0.2, 0.25) is 0 Å². The number of ether oxygens (including phenoxy) is 3. The van der Waals surface area contributed by atoms with Crippen LogP contribution in [-0.4, -0.2) is 65.4 Å². The Morgan fingerprint density at radius 2 is 1.73 bits per heavy atom. The highest BCUT2D eigenvalue weighted by atomic mass is 16.6. The molecule has 0 spiro atoms. The number of aliphatic hydroxyl groups excluding tert-OH is 1. The first-order valence-corrected chi connectivity index (χ1v) is 8.78. The molecule has 1 rings (SSSR count). The van der Waals surface area contributed by atoms with Crippen LogP contribution in [0.3, 0.4) is 0 Å². The molecule has 2 N–H and O–H groups in total. The Hall–Kier alpha value is -2.00. The van der Waals surface area contributed by atoms with Crippen LogP contribution in [0, 0.1) is 0 Å². The first-order chi connectivity index (χ1) is 12.4. The highest BCUT2D eigenvalue weighted by Crippen LogP contribution is 2.19. The number of hydrogen-bond acceptors (Lipinski definition) is 8. The second kappa shape index (κ2) is 11.6. The Morgan fingerprint density at radius 1 is 1.12 bits per heavy atom. The number of rotatable bonds is 13. The third kappa shape index (κ3) is 7.49. The van der Waals surface area contributed by atoms with Crippen LogP contribution in [0.1, 0.15) is 51.9 Å². The largest absolute Gasteiger partial charge is 0.481 e. The van der Waals surface area contributed by atoms with Crippen LogP contribution in [0.2, 0.25) is 0 Å². The summed E-state index contributed by atoms with van der Waals surface area (Å²) in [6, 6.07) is 0. The van der Waals surface area contributed by atoms with Crippen LogP contribution in [0.25, 0.3) is 0 Å². The van der Waals surface area contributed by atoms with Crippen LogP contribution in [0.15, 0.2) is 0 Å². The fraction of sp³-hybridized carbons (Fsp3) is 0.765. The molecule has 3 atom stereocenters. The van der Waals surface area contributed by atoms with Crippen molar-refractivity contribution in [2.75, 3.05) is 13.2 Å². The summed E-state index contributed by atoms with van der Waals surface area (Å²) >= 11 is 0. The van der Waals surface area contributed by atoms with Crippen molar-refractivity contribution < 1.29 is 43.6 Å². The number of unbranched alkanes of at least 4 members (excludes halogenated alkanes) is 4. The molecule has 1 heterocycles. The van der Waals surface area contributed by atoms with Crippen molar-refractivity contribution in [2.45, 2.75) is 70.2 Å². The number of cyclic esters (lactones) is 1. The predicted octanol–water partition coefficient (Wildman–Crippen LogP) is 0.605. The molecule has 1 aliphatic heterocycles. The minimum Gasteiger partial charge on any atom is -0.481 e. The molecule has 1 aliphatic rings. The maximum atomic E-state index is 11.7. The van der Waals surface area contributed by atoms with Gasteiger partial charge in [0.05, 0.1) is 0 Å². The normalized spacial score (nSPS) is 20.7. The van der Waals surface area contributed by atoms with Gasteiger partial charge in [-0.2, -0.15) is 0 Å². The van der Waals surface area contributed by atoms with E-state index in [4.69, 9.17) is 19.3 Å². The van der Waals surface area contributed by atoms with Gasteiger partial charge in [0.15, 0.2) is 12.2 Å². The molecule has 0 aromatic carbocycles. The minimum atomic E-state index is -1.35. The van der Waals surface area contributed by atoms with Crippen molar-refractivity contribution in [3.63, 3.8) is 0 Å². The molecule has 1 unspecified atom stereocenters. The molecule has 0 radical (unpaired) electrons. The number of carbonyl (C=O) groups excluding carboxylic acids is 3. The predicted molar refractivity (Wildman–Crippen MR) is 87.2 cm³/mol. The first kappa shape index (κ1) is 22.0. The summed E-state index contributed by atoms with van der Waals surface area (Å²) in [5.74, 6) is -3.24. The zero-order chi connectivity index (χ0) is 19.5. The first-order valence-electron chi connectivity index (χ1n) is 8.78. The lowest BCUT2D eigenvalue weighted by atomic mass is 10.1. The van der Waals surface area contributed by atoms with E-state index in [1.54, 1.807) is 6.92 Å². The Kier molecular flexibility index (Phi) is 9.82. The third-order valence-corrected chi connectivity index (χ3v) is 3.91. The molecule has 9 nitrogen and oxygen atoms in total. The van der Waals surface area contributed by atoms with Crippen LogP contribution < -0.4 is 0 Å². The Bertz CT molecular complexity index is 502. The molecule has 148 valence electrons. The second-order valence-corrected chi connectivity index (χ2v) is 6.02. The average molecular weight is 374 g/mol. The van der Waals surface area contributed by atoms with E-state index in [-0.39, 0.29) is 19.4 Å². The summed E-state index contributed by atoms with van der Waals surface area (Å²) in [5.41, 5.74) is 0. The van der Waals surface area contributed by atoms with Crippen LogP contribution in [-0.2, 0) is 33.4 Å². The van der Waals surface area contributed by atoms with Crippen molar-refractivity contribution in [3.05, 3.63) is 0 Å². The number of carboxylic acid groups (broad SMARTS) is 1. The molecule has 1 saturated heterocycles. The molecular weight excluding hydrogens is 348 g/mol. The molecule has 26 heavy (non-hydrogen) atoms. The van der Waals surface area contributed by atoms with E-state index < -0.39 is 48.6 Å². The van der Waals surface area contributed by atoms with Crippen LogP contribution >= 0.6 is 0 Å². The number of carboxylic acids is 1. The van der Waals surface area contributed by atoms with Crippen molar-refractivity contribution in [2.24, 2.45) is 0 Å². The topological polar surface area (TPSA) is 136 Å². The third-order valence-electron chi connectivity index (χ3n) is 3.91. The van der Waals surface area contributed by atoms with Crippen molar-refractivity contribution in [1.29, 1.82) is 0 Å². The van der Waals surface area contributed by atoms with Crippen molar-refractivity contribution in [3.8, 4) is 0 Å². The quantitative estimate of drug-likeness (QED) is 0.270. The number of ketones is 1. The SMILES string of the molecule is CCOC1C(=O)C(=O)O[C@@H]1[C@@H](O)COC(=O)CCCCCCCC(=O)O. The van der Waals surface area contributed by atoms with Crippen LogP contribution in [0.4, 0.5) is 0 Å². The summed E-state index contributed by atoms with van der Waals surface area (Å²) in [6.45, 7) is 1.41. The van der Waals surface area contributed by atoms with Crippen molar-refractivity contribution in [1.82, 2.24) is 0 Å². The van der Waals surface area contributed by atoms with E-state index in [9.17, 15) is 24.3 Å². The number of aliphatic carboxylic acids is 1. The molecule has 0 bridgehead atoms. The fourth-order valence-electron chi connectivity index (χ4n) is 2.56. The van der Waals surface area contributed by atoms with E-state index in [2.05, 4.69) is 0 Å². The minimum absolute atomic E-state index is 0.150. The molecule has 0 aromatic rings. The highest BCUT2D eigenvalue weighted by molar-refractivity contribution is 6.37. The van der Waals surface area contributed by atoms with Gasteiger partial charge in [-0.05, 0) is 19.8 Å². The van der Waals surface area contributed by atoms with Gasteiger partial charge >= 0.3 is 17.9 Å². The summed E-state index contributed by atoms with van der Waals surface area (Å²) in [5, 5.41) is 18.5. The van der Waals surface area contributed by atoms with E-state index in [0.29, 0.717) is 12.8 Å².